The highest BCUT2D eigenvalue weighted by Gasteiger charge is 2.13. The fourth-order valence-electron chi connectivity index (χ4n) is 2.20. The first-order valence-corrected chi connectivity index (χ1v) is 7.67. The van der Waals surface area contributed by atoms with E-state index in [1.54, 1.807) is 0 Å². The van der Waals surface area contributed by atoms with Gasteiger partial charge in [0.1, 0.15) is 0 Å². The first-order valence-electron chi connectivity index (χ1n) is 6.50. The third-order valence-corrected chi connectivity index (χ3v) is 4.73. The van der Waals surface area contributed by atoms with Gasteiger partial charge in [-0.3, -0.25) is 0 Å². The quantitative estimate of drug-likeness (QED) is 0.826. The molecule has 2 aromatic rings. The monoisotopic (exact) mass is 352 g/mol. The third kappa shape index (κ3) is 3.35. The zero-order chi connectivity index (χ0) is 14.7. The number of hydrogen-bond acceptors (Lipinski definition) is 2. The summed E-state index contributed by atoms with van der Waals surface area (Å²) >= 11 is 9.45. The van der Waals surface area contributed by atoms with E-state index >= 15 is 0 Å². The highest BCUT2D eigenvalue weighted by atomic mass is 79.9. The second-order valence-corrected chi connectivity index (χ2v) is 6.11. The van der Waals surface area contributed by atoms with Crippen LogP contribution < -0.4 is 11.1 Å². The normalized spacial score (nSPS) is 12.2. The van der Waals surface area contributed by atoms with Crippen LogP contribution in [0.5, 0.6) is 0 Å². The lowest BCUT2D eigenvalue weighted by Crippen LogP contribution is -2.21. The molecule has 2 rings (SSSR count). The molecule has 0 fully saturated rings. The van der Waals surface area contributed by atoms with Gasteiger partial charge in [0, 0.05) is 16.7 Å². The van der Waals surface area contributed by atoms with Crippen molar-refractivity contribution >= 4 is 33.2 Å². The summed E-state index contributed by atoms with van der Waals surface area (Å²) in [5, 5.41) is 4.17. The van der Waals surface area contributed by atoms with E-state index in [0.29, 0.717) is 11.6 Å². The zero-order valence-corrected chi connectivity index (χ0v) is 13.9. The molecule has 1 unspecified atom stereocenters. The number of halogens is 2. The van der Waals surface area contributed by atoms with Crippen molar-refractivity contribution < 1.29 is 0 Å². The van der Waals surface area contributed by atoms with E-state index in [0.717, 1.165) is 10.2 Å². The predicted molar refractivity (Wildman–Crippen MR) is 90.5 cm³/mol. The van der Waals surface area contributed by atoms with Gasteiger partial charge in [0.25, 0.3) is 0 Å². The summed E-state index contributed by atoms with van der Waals surface area (Å²) in [6.07, 6.45) is 0. The lowest BCUT2D eigenvalue weighted by Gasteiger charge is -2.21. The van der Waals surface area contributed by atoms with E-state index in [1.165, 1.54) is 16.7 Å². The molecule has 0 radical (unpaired) electrons. The van der Waals surface area contributed by atoms with E-state index in [-0.39, 0.29) is 6.04 Å². The average molecular weight is 354 g/mol. The Labute approximate surface area is 133 Å². The largest absolute Gasteiger partial charge is 0.377 e. The van der Waals surface area contributed by atoms with Gasteiger partial charge >= 0.3 is 0 Å². The minimum atomic E-state index is 0.0861. The van der Waals surface area contributed by atoms with Gasteiger partial charge in [-0.1, -0.05) is 29.8 Å². The molecule has 0 spiro atoms. The van der Waals surface area contributed by atoms with Crippen molar-refractivity contribution in [3.05, 3.63) is 62.6 Å². The number of benzene rings is 2. The van der Waals surface area contributed by atoms with Crippen LogP contribution in [0.25, 0.3) is 0 Å². The molecular formula is C16H18BrClN2. The summed E-state index contributed by atoms with van der Waals surface area (Å²) in [5.41, 5.74) is 10.7. The van der Waals surface area contributed by atoms with Crippen LogP contribution in [0.3, 0.4) is 0 Å². The van der Waals surface area contributed by atoms with Crippen molar-refractivity contribution in [3.63, 3.8) is 0 Å². The van der Waals surface area contributed by atoms with E-state index in [2.05, 4.69) is 53.3 Å². The Bertz CT molecular complexity index is 613. The van der Waals surface area contributed by atoms with Gasteiger partial charge in [-0.25, -0.2) is 0 Å². The maximum Gasteiger partial charge on any atom is 0.0638 e. The van der Waals surface area contributed by atoms with Crippen LogP contribution in [0.4, 0.5) is 5.69 Å². The van der Waals surface area contributed by atoms with Gasteiger partial charge in [0.15, 0.2) is 0 Å². The SMILES string of the molecule is Cc1cccc(C(CN)Nc2ccc(Cl)c(Br)c2)c1C. The number of anilines is 1. The summed E-state index contributed by atoms with van der Waals surface area (Å²) < 4.78 is 0.876. The smallest absolute Gasteiger partial charge is 0.0638 e. The van der Waals surface area contributed by atoms with Crippen molar-refractivity contribution in [2.75, 3.05) is 11.9 Å². The molecule has 106 valence electrons. The van der Waals surface area contributed by atoms with Gasteiger partial charge in [0.05, 0.1) is 11.1 Å². The second kappa shape index (κ2) is 6.61. The third-order valence-electron chi connectivity index (χ3n) is 3.52. The van der Waals surface area contributed by atoms with E-state index < -0.39 is 0 Å². The lowest BCUT2D eigenvalue weighted by molar-refractivity contribution is 0.782. The highest BCUT2D eigenvalue weighted by molar-refractivity contribution is 9.10. The number of rotatable bonds is 4. The van der Waals surface area contributed by atoms with Crippen molar-refractivity contribution in [2.24, 2.45) is 5.73 Å². The summed E-state index contributed by atoms with van der Waals surface area (Å²) in [5.74, 6) is 0. The van der Waals surface area contributed by atoms with Crippen LogP contribution in [-0.2, 0) is 0 Å². The van der Waals surface area contributed by atoms with Gasteiger partial charge < -0.3 is 11.1 Å². The molecule has 3 N–H and O–H groups in total. The molecule has 0 saturated carbocycles. The number of nitrogens with two attached hydrogens (primary N) is 1. The first-order chi connectivity index (χ1) is 9.52. The Morgan fingerprint density at radius 2 is 2.00 bits per heavy atom. The standard InChI is InChI=1S/C16H18BrClN2/c1-10-4-3-5-13(11(10)2)16(9-19)20-12-6-7-15(18)14(17)8-12/h3-8,16,20H,9,19H2,1-2H3. The van der Waals surface area contributed by atoms with Gasteiger partial charge in [-0.2, -0.15) is 0 Å². The zero-order valence-electron chi connectivity index (χ0n) is 11.6. The molecule has 0 bridgehead atoms. The Hall–Kier alpha value is -1.03. The average Bonchev–Trinajstić information content (AvgIpc) is 2.43. The molecular weight excluding hydrogens is 336 g/mol. The van der Waals surface area contributed by atoms with Crippen molar-refractivity contribution in [1.29, 1.82) is 0 Å². The highest BCUT2D eigenvalue weighted by Crippen LogP contribution is 2.29. The summed E-state index contributed by atoms with van der Waals surface area (Å²) in [7, 11) is 0. The van der Waals surface area contributed by atoms with Crippen LogP contribution in [0.15, 0.2) is 40.9 Å². The van der Waals surface area contributed by atoms with Crippen LogP contribution in [-0.4, -0.2) is 6.54 Å². The minimum Gasteiger partial charge on any atom is -0.377 e. The summed E-state index contributed by atoms with van der Waals surface area (Å²) in [6, 6.07) is 12.2. The van der Waals surface area contributed by atoms with Gasteiger partial charge in [-0.05, 0) is 64.7 Å². The maximum absolute atomic E-state index is 6.01. The second-order valence-electron chi connectivity index (χ2n) is 4.85. The predicted octanol–water partition coefficient (Wildman–Crippen LogP) is 4.83. The molecule has 0 aromatic heterocycles. The summed E-state index contributed by atoms with van der Waals surface area (Å²) in [6.45, 7) is 4.78. The molecule has 2 nitrogen and oxygen atoms in total. The van der Waals surface area contributed by atoms with Gasteiger partial charge in [0.2, 0.25) is 0 Å². The molecule has 0 aliphatic carbocycles. The number of aryl methyl sites for hydroxylation is 1. The van der Waals surface area contributed by atoms with Crippen LogP contribution in [0.1, 0.15) is 22.7 Å². The molecule has 0 amide bonds. The van der Waals surface area contributed by atoms with E-state index in [9.17, 15) is 0 Å². The van der Waals surface area contributed by atoms with Crippen LogP contribution in [0, 0.1) is 13.8 Å². The fraction of sp³-hybridized carbons (Fsp3) is 0.250. The minimum absolute atomic E-state index is 0.0861. The van der Waals surface area contributed by atoms with Crippen LogP contribution in [0.2, 0.25) is 5.02 Å². The molecule has 0 heterocycles. The van der Waals surface area contributed by atoms with Crippen LogP contribution >= 0.6 is 27.5 Å². The van der Waals surface area contributed by atoms with E-state index in [1.807, 2.05) is 18.2 Å². The lowest BCUT2D eigenvalue weighted by atomic mass is 9.97. The molecule has 0 aliphatic heterocycles. The molecule has 4 heteroatoms. The number of nitrogens with one attached hydrogen (secondary N) is 1. The maximum atomic E-state index is 6.01. The van der Waals surface area contributed by atoms with E-state index in [4.69, 9.17) is 17.3 Å². The van der Waals surface area contributed by atoms with Crippen molar-refractivity contribution in [2.45, 2.75) is 19.9 Å². The first kappa shape index (κ1) is 15.4. The summed E-state index contributed by atoms with van der Waals surface area (Å²) in [4.78, 5) is 0. The molecule has 1 atom stereocenters. The topological polar surface area (TPSA) is 38.0 Å². The molecule has 0 saturated heterocycles. The van der Waals surface area contributed by atoms with Crippen molar-refractivity contribution in [1.82, 2.24) is 0 Å². The Morgan fingerprint density at radius 1 is 1.25 bits per heavy atom. The molecule has 20 heavy (non-hydrogen) atoms. The molecule has 0 aliphatic rings. The Balaban J connectivity index is 2.28. The Morgan fingerprint density at radius 3 is 2.65 bits per heavy atom. The van der Waals surface area contributed by atoms with Gasteiger partial charge in [-0.15, -0.1) is 0 Å². The fourth-order valence-corrected chi connectivity index (χ4v) is 2.70. The number of hydrogen-bond donors (Lipinski definition) is 2. The Kier molecular flexibility index (Phi) is 5.08. The van der Waals surface area contributed by atoms with Crippen molar-refractivity contribution in [3.8, 4) is 0 Å². The molecule has 2 aromatic carbocycles.